The van der Waals surface area contributed by atoms with Crippen LogP contribution in [0.5, 0.6) is 0 Å². The molecule has 0 spiro atoms. The van der Waals surface area contributed by atoms with E-state index in [4.69, 9.17) is 0 Å². The summed E-state index contributed by atoms with van der Waals surface area (Å²) in [6.07, 6.45) is 5.12. The molecule has 0 radical (unpaired) electrons. The van der Waals surface area contributed by atoms with Gasteiger partial charge in [0.1, 0.15) is 11.8 Å². The Labute approximate surface area is 91.8 Å². The van der Waals surface area contributed by atoms with Gasteiger partial charge in [-0.05, 0) is 24.6 Å². The van der Waals surface area contributed by atoms with Crippen LogP contribution in [0.4, 0.5) is 0 Å². The number of fused-ring (bicyclic) bond motifs is 1. The first kappa shape index (κ1) is 8.96. The molecule has 1 aromatic carbocycles. The quantitative estimate of drug-likeness (QED) is 0.612. The molecule has 0 bridgehead atoms. The third-order valence-electron chi connectivity index (χ3n) is 2.33. The fraction of sp³-hybridized carbons (Fsp3) is 0.0909. The summed E-state index contributed by atoms with van der Waals surface area (Å²) in [4.78, 5) is 8.36. The minimum atomic E-state index is 0.536. The molecule has 0 aliphatic rings. The molecule has 0 amide bonds. The molecule has 0 aliphatic carbocycles. The molecule has 5 heteroatoms. The monoisotopic (exact) mass is 211 g/mol. The lowest BCUT2D eigenvalue weighted by atomic mass is 10.2. The molecule has 0 unspecified atom stereocenters. The number of aryl methyl sites for hydroxylation is 1. The maximum absolute atomic E-state index is 4.41. The minimum absolute atomic E-state index is 0.536. The van der Waals surface area contributed by atoms with Crippen LogP contribution < -0.4 is 0 Å². The van der Waals surface area contributed by atoms with Gasteiger partial charge < -0.3 is 0 Å². The van der Waals surface area contributed by atoms with Crippen molar-refractivity contribution in [3.8, 4) is 5.95 Å². The van der Waals surface area contributed by atoms with Crippen LogP contribution in [0, 0.1) is 6.92 Å². The molecule has 78 valence electrons. The third-order valence-corrected chi connectivity index (χ3v) is 2.33. The molecule has 0 N–H and O–H groups in total. The van der Waals surface area contributed by atoms with E-state index in [1.807, 2.05) is 25.1 Å². The van der Waals surface area contributed by atoms with E-state index in [9.17, 15) is 0 Å². The molecule has 2 aromatic heterocycles. The molecule has 3 rings (SSSR count). The van der Waals surface area contributed by atoms with Gasteiger partial charge in [0.2, 0.25) is 0 Å². The molecule has 0 fully saturated rings. The molecule has 16 heavy (non-hydrogen) atoms. The first-order valence-electron chi connectivity index (χ1n) is 4.92. The average Bonchev–Trinajstić information content (AvgIpc) is 2.82. The fourth-order valence-electron chi connectivity index (χ4n) is 1.52. The Morgan fingerprint density at radius 2 is 2.06 bits per heavy atom. The van der Waals surface area contributed by atoms with Crippen LogP contribution in [-0.2, 0) is 0 Å². The molecule has 0 saturated carbocycles. The predicted octanol–water partition coefficient (Wildman–Crippen LogP) is 1.52. The van der Waals surface area contributed by atoms with Gasteiger partial charge in [-0.2, -0.15) is 0 Å². The number of nitrogens with zero attached hydrogens (tertiary/aromatic N) is 5. The van der Waals surface area contributed by atoms with Crippen LogP contribution in [-0.4, -0.2) is 24.7 Å². The average molecular weight is 211 g/mol. The van der Waals surface area contributed by atoms with E-state index in [0.717, 1.165) is 16.6 Å². The van der Waals surface area contributed by atoms with Crippen LogP contribution in [0.15, 0.2) is 36.9 Å². The molecule has 3 aromatic rings. The molecule has 0 aliphatic heterocycles. The second kappa shape index (κ2) is 3.37. The summed E-state index contributed by atoms with van der Waals surface area (Å²) in [5, 5.41) is 8.19. The van der Waals surface area contributed by atoms with Crippen molar-refractivity contribution in [1.82, 2.24) is 24.7 Å². The summed E-state index contributed by atoms with van der Waals surface area (Å²) in [5.41, 5.74) is 2.80. The van der Waals surface area contributed by atoms with Gasteiger partial charge in [0.25, 0.3) is 5.95 Å². The van der Waals surface area contributed by atoms with Gasteiger partial charge in [-0.15, -0.1) is 10.2 Å². The van der Waals surface area contributed by atoms with E-state index >= 15 is 0 Å². The second-order valence-electron chi connectivity index (χ2n) is 3.57. The summed E-state index contributed by atoms with van der Waals surface area (Å²) in [6, 6.07) is 5.92. The Morgan fingerprint density at radius 3 is 2.88 bits per heavy atom. The van der Waals surface area contributed by atoms with Gasteiger partial charge in [-0.3, -0.25) is 4.57 Å². The summed E-state index contributed by atoms with van der Waals surface area (Å²) in [7, 11) is 0. The molecule has 0 atom stereocenters. The van der Waals surface area contributed by atoms with Crippen molar-refractivity contribution in [2.24, 2.45) is 0 Å². The zero-order valence-electron chi connectivity index (χ0n) is 8.70. The van der Waals surface area contributed by atoms with E-state index in [0.29, 0.717) is 5.95 Å². The lowest BCUT2D eigenvalue weighted by molar-refractivity contribution is 0.879. The second-order valence-corrected chi connectivity index (χ2v) is 3.57. The number of benzene rings is 1. The lowest BCUT2D eigenvalue weighted by Gasteiger charge is -2.01. The van der Waals surface area contributed by atoms with Crippen LogP contribution in [0.1, 0.15) is 5.56 Å². The summed E-state index contributed by atoms with van der Waals surface area (Å²) < 4.78 is 1.73. The molecule has 5 nitrogen and oxygen atoms in total. The van der Waals surface area contributed by atoms with Crippen LogP contribution in [0.2, 0.25) is 0 Å². The van der Waals surface area contributed by atoms with Crippen molar-refractivity contribution in [1.29, 1.82) is 0 Å². The Kier molecular flexibility index (Phi) is 1.89. The summed E-state index contributed by atoms with van der Waals surface area (Å²) >= 11 is 0. The van der Waals surface area contributed by atoms with Crippen LogP contribution in [0.25, 0.3) is 17.0 Å². The van der Waals surface area contributed by atoms with Gasteiger partial charge in [0.05, 0.1) is 5.52 Å². The standard InChI is InChI=1S/C11H9N5/c1-8-2-3-9-10(6-8)14-15-11(13-9)16-5-4-12-7-16/h2-7H,1H3. The van der Waals surface area contributed by atoms with Crippen molar-refractivity contribution in [3.05, 3.63) is 42.5 Å². The Morgan fingerprint density at radius 1 is 1.12 bits per heavy atom. The van der Waals surface area contributed by atoms with Gasteiger partial charge in [-0.1, -0.05) is 6.07 Å². The van der Waals surface area contributed by atoms with Crippen LogP contribution >= 0.6 is 0 Å². The third kappa shape index (κ3) is 1.42. The molecular weight excluding hydrogens is 202 g/mol. The Balaban J connectivity index is 2.20. The smallest absolute Gasteiger partial charge is 0.255 e. The summed E-state index contributed by atoms with van der Waals surface area (Å²) in [5.74, 6) is 0.536. The van der Waals surface area contributed by atoms with E-state index in [-0.39, 0.29) is 0 Å². The Bertz CT molecular complexity index is 630. The highest BCUT2D eigenvalue weighted by Gasteiger charge is 2.02. The zero-order chi connectivity index (χ0) is 11.0. The summed E-state index contributed by atoms with van der Waals surface area (Å²) in [6.45, 7) is 2.02. The van der Waals surface area contributed by atoms with Crippen molar-refractivity contribution < 1.29 is 0 Å². The first-order valence-corrected chi connectivity index (χ1v) is 4.92. The van der Waals surface area contributed by atoms with Gasteiger partial charge >= 0.3 is 0 Å². The van der Waals surface area contributed by atoms with Crippen molar-refractivity contribution >= 4 is 11.0 Å². The van der Waals surface area contributed by atoms with Crippen LogP contribution in [0.3, 0.4) is 0 Å². The van der Waals surface area contributed by atoms with Crippen molar-refractivity contribution in [2.75, 3.05) is 0 Å². The fourth-order valence-corrected chi connectivity index (χ4v) is 1.52. The highest BCUT2D eigenvalue weighted by atomic mass is 15.3. The maximum Gasteiger partial charge on any atom is 0.255 e. The SMILES string of the molecule is Cc1ccc2nc(-n3ccnc3)nnc2c1. The maximum atomic E-state index is 4.41. The van der Waals surface area contributed by atoms with Gasteiger partial charge in [0, 0.05) is 12.4 Å². The van der Waals surface area contributed by atoms with Gasteiger partial charge in [0.15, 0.2) is 0 Å². The number of imidazole rings is 1. The number of hydrogen-bond donors (Lipinski definition) is 0. The predicted molar refractivity (Wildman–Crippen MR) is 59.2 cm³/mol. The highest BCUT2D eigenvalue weighted by molar-refractivity contribution is 5.74. The molecule has 0 saturated heterocycles. The van der Waals surface area contributed by atoms with E-state index in [2.05, 4.69) is 20.2 Å². The lowest BCUT2D eigenvalue weighted by Crippen LogP contribution is -2.01. The number of rotatable bonds is 1. The van der Waals surface area contributed by atoms with E-state index in [1.165, 1.54) is 0 Å². The normalized spacial score (nSPS) is 10.8. The molecule has 2 heterocycles. The van der Waals surface area contributed by atoms with E-state index in [1.54, 1.807) is 23.3 Å². The number of hydrogen-bond acceptors (Lipinski definition) is 4. The van der Waals surface area contributed by atoms with Crippen molar-refractivity contribution in [3.63, 3.8) is 0 Å². The first-order chi connectivity index (χ1) is 7.83. The number of aromatic nitrogens is 5. The van der Waals surface area contributed by atoms with Gasteiger partial charge in [-0.25, -0.2) is 9.97 Å². The largest absolute Gasteiger partial charge is 0.273 e. The minimum Gasteiger partial charge on any atom is -0.273 e. The van der Waals surface area contributed by atoms with E-state index < -0.39 is 0 Å². The van der Waals surface area contributed by atoms with Crippen molar-refractivity contribution in [2.45, 2.75) is 6.92 Å². The topological polar surface area (TPSA) is 56.5 Å². The zero-order valence-corrected chi connectivity index (χ0v) is 8.70. The molecular formula is C11H9N5. The highest BCUT2D eigenvalue weighted by Crippen LogP contribution is 2.11. The Hall–Kier alpha value is -2.30.